The fourth-order valence-corrected chi connectivity index (χ4v) is 3.82. The molecule has 0 bridgehead atoms. The number of nitrogens with two attached hydrogens (primary N) is 1. The molecule has 0 unspecified atom stereocenters. The number of benzene rings is 1. The summed E-state index contributed by atoms with van der Waals surface area (Å²) >= 11 is 0. The van der Waals surface area contributed by atoms with E-state index in [4.69, 9.17) is 15.2 Å². The molecule has 3 aromatic heterocycles. The number of anilines is 1. The van der Waals surface area contributed by atoms with E-state index < -0.39 is 41.4 Å². The standard InChI is InChI=1S/C27H26F6N6O4/c1-25(2,3)43-24(40)35-9-4-10-41-20-7-5-15(12-21(20)42-27(31,32)33)19-14-36-22-8-6-18(38-39(19)22)16-11-17(26(28,29)30)23(34)37-13-16/h5-8,11-14H,4,9-10H2,1-3H3,(H2,34,37)(H,35,40). The van der Waals surface area contributed by atoms with E-state index in [1.807, 2.05) is 0 Å². The van der Waals surface area contributed by atoms with Crippen molar-refractivity contribution >= 4 is 17.6 Å². The number of nitrogen functional groups attached to an aromatic ring is 1. The smallest absolute Gasteiger partial charge is 0.490 e. The third kappa shape index (κ3) is 8.17. The summed E-state index contributed by atoms with van der Waals surface area (Å²) in [7, 11) is 0. The van der Waals surface area contributed by atoms with Crippen molar-refractivity contribution in [3.63, 3.8) is 0 Å². The number of fused-ring (bicyclic) bond motifs is 1. The number of carbonyl (C=O) groups is 1. The zero-order valence-corrected chi connectivity index (χ0v) is 23.0. The average Bonchev–Trinajstić information content (AvgIpc) is 3.30. The second kappa shape index (κ2) is 11.9. The highest BCUT2D eigenvalue weighted by Gasteiger charge is 2.34. The van der Waals surface area contributed by atoms with E-state index in [1.54, 1.807) is 20.8 Å². The summed E-state index contributed by atoms with van der Waals surface area (Å²) in [5.41, 5.74) is 4.34. The third-order valence-corrected chi connectivity index (χ3v) is 5.59. The molecule has 1 amide bonds. The molecule has 0 radical (unpaired) electrons. The minimum atomic E-state index is -5.04. The first-order valence-electron chi connectivity index (χ1n) is 12.7. The molecule has 0 aliphatic carbocycles. The predicted octanol–water partition coefficient (Wildman–Crippen LogP) is 6.25. The summed E-state index contributed by atoms with van der Waals surface area (Å²) in [5.74, 6) is -1.55. The largest absolute Gasteiger partial charge is 0.573 e. The predicted molar refractivity (Wildman–Crippen MR) is 142 cm³/mol. The van der Waals surface area contributed by atoms with Gasteiger partial charge in [0.15, 0.2) is 17.1 Å². The number of rotatable bonds is 8. The highest BCUT2D eigenvalue weighted by molar-refractivity contribution is 5.69. The molecule has 3 N–H and O–H groups in total. The van der Waals surface area contributed by atoms with Gasteiger partial charge in [-0.3, -0.25) is 0 Å². The number of amides is 1. The number of nitrogens with zero attached hydrogens (tertiary/aromatic N) is 4. The van der Waals surface area contributed by atoms with Crippen LogP contribution in [0.5, 0.6) is 11.5 Å². The van der Waals surface area contributed by atoms with Crippen molar-refractivity contribution in [3.05, 3.63) is 54.4 Å². The number of alkyl carbamates (subject to hydrolysis) is 1. The number of halogens is 6. The summed E-state index contributed by atoms with van der Waals surface area (Å²) in [4.78, 5) is 19.5. The van der Waals surface area contributed by atoms with Crippen LogP contribution >= 0.6 is 0 Å². The molecule has 10 nitrogen and oxygen atoms in total. The number of pyridine rings is 1. The van der Waals surface area contributed by atoms with Crippen molar-refractivity contribution in [2.45, 2.75) is 45.3 Å². The maximum absolute atomic E-state index is 13.3. The van der Waals surface area contributed by atoms with Gasteiger partial charge in [0.05, 0.1) is 29.8 Å². The molecule has 230 valence electrons. The second-order valence-electron chi connectivity index (χ2n) is 10.1. The van der Waals surface area contributed by atoms with E-state index in [9.17, 15) is 31.1 Å². The lowest BCUT2D eigenvalue weighted by Crippen LogP contribution is -2.33. The molecule has 1 aromatic carbocycles. The zero-order chi connectivity index (χ0) is 31.6. The SMILES string of the molecule is CC(C)(C)OC(=O)NCCCOc1ccc(-c2cnc3ccc(-c4cnc(N)c(C(F)(F)F)c4)nn23)cc1OC(F)(F)F. The fourth-order valence-electron chi connectivity index (χ4n) is 3.82. The van der Waals surface area contributed by atoms with Crippen LogP contribution in [0.15, 0.2) is 48.8 Å². The summed E-state index contributed by atoms with van der Waals surface area (Å²) < 4.78 is 95.8. The van der Waals surface area contributed by atoms with Gasteiger partial charge in [0.1, 0.15) is 11.4 Å². The average molecular weight is 613 g/mol. The Balaban J connectivity index is 1.58. The van der Waals surface area contributed by atoms with Gasteiger partial charge in [0.2, 0.25) is 0 Å². The second-order valence-corrected chi connectivity index (χ2v) is 10.1. The molecule has 0 fully saturated rings. The van der Waals surface area contributed by atoms with Gasteiger partial charge in [-0.1, -0.05) is 0 Å². The summed E-state index contributed by atoms with van der Waals surface area (Å²) in [6.45, 7) is 5.20. The third-order valence-electron chi connectivity index (χ3n) is 5.59. The molecule has 0 aliphatic rings. The number of imidazole rings is 1. The Morgan fingerprint density at radius 2 is 1.70 bits per heavy atom. The van der Waals surface area contributed by atoms with Crippen LogP contribution in [0.1, 0.15) is 32.8 Å². The molecule has 4 aromatic rings. The van der Waals surface area contributed by atoms with Crippen LogP contribution < -0.4 is 20.5 Å². The van der Waals surface area contributed by atoms with Gasteiger partial charge >= 0.3 is 18.6 Å². The number of nitrogens with one attached hydrogen (secondary N) is 1. The first-order chi connectivity index (χ1) is 20.0. The summed E-state index contributed by atoms with van der Waals surface area (Å²) in [6, 6.07) is 7.49. The van der Waals surface area contributed by atoms with Crippen molar-refractivity contribution in [3.8, 4) is 34.0 Å². The van der Waals surface area contributed by atoms with E-state index >= 15 is 0 Å². The molecule has 0 atom stereocenters. The number of alkyl halides is 6. The summed E-state index contributed by atoms with van der Waals surface area (Å²) in [5, 5.41) is 6.85. The van der Waals surface area contributed by atoms with Gasteiger partial charge in [-0.15, -0.1) is 13.2 Å². The van der Waals surface area contributed by atoms with Crippen LogP contribution in [0.4, 0.5) is 37.0 Å². The van der Waals surface area contributed by atoms with Crippen LogP contribution in [0.25, 0.3) is 28.2 Å². The van der Waals surface area contributed by atoms with Crippen LogP contribution in [0.3, 0.4) is 0 Å². The topological polar surface area (TPSA) is 126 Å². The van der Waals surface area contributed by atoms with Gasteiger partial charge in [-0.05, 0) is 63.6 Å². The molecule has 4 rings (SSSR count). The minimum Gasteiger partial charge on any atom is -0.490 e. The number of ether oxygens (including phenoxy) is 3. The lowest BCUT2D eigenvalue weighted by atomic mass is 10.1. The van der Waals surface area contributed by atoms with E-state index in [2.05, 4.69) is 25.1 Å². The Hall–Kier alpha value is -4.76. The lowest BCUT2D eigenvalue weighted by Gasteiger charge is -2.19. The van der Waals surface area contributed by atoms with Crippen molar-refractivity contribution in [2.24, 2.45) is 0 Å². The minimum absolute atomic E-state index is 0.00840. The first-order valence-corrected chi connectivity index (χ1v) is 12.7. The fraction of sp³-hybridized carbons (Fsp3) is 0.333. The van der Waals surface area contributed by atoms with Crippen molar-refractivity contribution in [1.29, 1.82) is 0 Å². The molecule has 0 aliphatic heterocycles. The zero-order valence-electron chi connectivity index (χ0n) is 23.0. The number of aromatic nitrogens is 4. The van der Waals surface area contributed by atoms with Crippen molar-refractivity contribution in [1.82, 2.24) is 24.9 Å². The maximum atomic E-state index is 13.3. The monoisotopic (exact) mass is 612 g/mol. The molecule has 43 heavy (non-hydrogen) atoms. The van der Waals surface area contributed by atoms with Gasteiger partial charge in [0, 0.05) is 23.9 Å². The van der Waals surface area contributed by atoms with E-state index in [1.165, 1.54) is 35.0 Å². The van der Waals surface area contributed by atoms with Gasteiger partial charge < -0.3 is 25.3 Å². The number of hydrogen-bond acceptors (Lipinski definition) is 8. The Morgan fingerprint density at radius 3 is 2.37 bits per heavy atom. The van der Waals surface area contributed by atoms with Crippen molar-refractivity contribution < 1.29 is 45.3 Å². The van der Waals surface area contributed by atoms with Gasteiger partial charge in [-0.2, -0.15) is 18.3 Å². The number of hydrogen-bond donors (Lipinski definition) is 2. The quantitative estimate of drug-likeness (QED) is 0.177. The highest BCUT2D eigenvalue weighted by Crippen LogP contribution is 2.37. The Bertz CT molecular complexity index is 1610. The molecule has 0 saturated carbocycles. The molecular formula is C27H26F6N6O4. The first kappa shape index (κ1) is 31.2. The Labute approximate surface area is 240 Å². The van der Waals surface area contributed by atoms with Gasteiger partial charge in [-0.25, -0.2) is 19.3 Å². The van der Waals surface area contributed by atoms with E-state index in [0.717, 1.165) is 18.3 Å². The van der Waals surface area contributed by atoms with E-state index in [0.29, 0.717) is 0 Å². The number of carbonyl (C=O) groups excluding carboxylic acids is 1. The van der Waals surface area contributed by atoms with E-state index in [-0.39, 0.29) is 53.5 Å². The highest BCUT2D eigenvalue weighted by atomic mass is 19.4. The maximum Gasteiger partial charge on any atom is 0.573 e. The lowest BCUT2D eigenvalue weighted by molar-refractivity contribution is -0.275. The molecule has 16 heteroatoms. The molecular weight excluding hydrogens is 586 g/mol. The molecule has 0 spiro atoms. The van der Waals surface area contributed by atoms with Crippen LogP contribution in [-0.4, -0.2) is 50.8 Å². The van der Waals surface area contributed by atoms with Crippen molar-refractivity contribution in [2.75, 3.05) is 18.9 Å². The Morgan fingerprint density at radius 1 is 0.953 bits per heavy atom. The normalized spacial score (nSPS) is 12.3. The summed E-state index contributed by atoms with van der Waals surface area (Å²) in [6.07, 6.45) is -7.72. The van der Waals surface area contributed by atoms with Crippen LogP contribution in [0.2, 0.25) is 0 Å². The molecule has 0 saturated heterocycles. The molecule has 3 heterocycles. The van der Waals surface area contributed by atoms with Crippen LogP contribution in [-0.2, 0) is 10.9 Å². The van der Waals surface area contributed by atoms with Crippen LogP contribution in [0, 0.1) is 0 Å². The Kier molecular flexibility index (Phi) is 8.59. The van der Waals surface area contributed by atoms with Gasteiger partial charge in [0.25, 0.3) is 0 Å².